The normalized spacial score (nSPS) is 11.4. The van der Waals surface area contributed by atoms with E-state index in [1.807, 2.05) is 59.4 Å². The lowest BCUT2D eigenvalue weighted by molar-refractivity contribution is 0.414. The maximum Gasteiger partial charge on any atom is 0.141 e. The van der Waals surface area contributed by atoms with Gasteiger partial charge in [-0.1, -0.05) is 30.3 Å². The van der Waals surface area contributed by atoms with Crippen molar-refractivity contribution in [1.29, 1.82) is 0 Å². The maximum atomic E-state index is 6.47. The Morgan fingerprint density at radius 1 is 0.711 bits per heavy atom. The molecule has 0 fully saturated rings. The highest BCUT2D eigenvalue weighted by Crippen LogP contribution is 2.42. The van der Waals surface area contributed by atoms with Gasteiger partial charge in [-0.25, -0.2) is 9.67 Å². The second kappa shape index (κ2) is 12.0. The average molecular weight is 629 g/mol. The van der Waals surface area contributed by atoms with E-state index >= 15 is 0 Å². The number of para-hydroxylation sites is 1. The van der Waals surface area contributed by atoms with E-state index in [4.69, 9.17) is 14.6 Å². The molecule has 0 radical (unpaired) electrons. The molecule has 0 spiro atoms. The third kappa shape index (κ3) is 5.24. The molecular weight excluding hydrogens is 597 g/mol. The molecule has 4 aromatic carbocycles. The Kier molecular flexibility index (Phi) is 7.77. The summed E-state index contributed by atoms with van der Waals surface area (Å²) in [5.74, 6) is 3.00. The van der Waals surface area contributed by atoms with E-state index in [9.17, 15) is 0 Å². The quantitative estimate of drug-likeness (QED) is 0.156. The minimum absolute atomic E-state index is 0.729. The van der Waals surface area contributed by atoms with E-state index in [1.54, 1.807) is 36.8 Å². The first-order valence-corrected chi connectivity index (χ1v) is 17.0. The number of pyridine rings is 1. The maximum absolute atomic E-state index is 6.47. The summed E-state index contributed by atoms with van der Waals surface area (Å²) in [7, 11) is 1.67. The first kappa shape index (κ1) is 29.1. The number of benzene rings is 4. The summed E-state index contributed by atoms with van der Waals surface area (Å²) in [6, 6.07) is 28.7. The molecule has 8 heteroatoms. The van der Waals surface area contributed by atoms with Crippen LogP contribution in [0.5, 0.6) is 17.2 Å². The Morgan fingerprint density at radius 3 is 2.24 bits per heavy atom. The smallest absolute Gasteiger partial charge is 0.141 e. The van der Waals surface area contributed by atoms with E-state index in [2.05, 4.69) is 78.5 Å². The zero-order chi connectivity index (χ0) is 31.1. The molecular formula is C37H32N4O2S2. The van der Waals surface area contributed by atoms with Crippen LogP contribution in [-0.2, 0) is 0 Å². The number of thioether (sulfide) groups is 2. The van der Waals surface area contributed by atoms with Crippen molar-refractivity contribution in [3.8, 4) is 39.9 Å². The number of methoxy groups -OCH3 is 1. The molecule has 0 aliphatic carbocycles. The van der Waals surface area contributed by atoms with Crippen LogP contribution in [0.4, 0.5) is 0 Å². The van der Waals surface area contributed by atoms with Crippen molar-refractivity contribution in [3.05, 3.63) is 115 Å². The zero-order valence-corrected chi connectivity index (χ0v) is 27.4. The van der Waals surface area contributed by atoms with Crippen LogP contribution in [-0.4, -0.2) is 39.0 Å². The molecule has 0 N–H and O–H groups in total. The van der Waals surface area contributed by atoms with Gasteiger partial charge in [-0.05, 0) is 73.9 Å². The fraction of sp³-hybridized carbons (Fsp3) is 0.135. The van der Waals surface area contributed by atoms with Crippen LogP contribution in [0, 0.1) is 13.8 Å². The molecule has 3 aromatic heterocycles. The first-order valence-electron chi connectivity index (χ1n) is 14.6. The Morgan fingerprint density at radius 2 is 1.47 bits per heavy atom. The third-order valence-corrected chi connectivity index (χ3v) is 9.90. The summed E-state index contributed by atoms with van der Waals surface area (Å²) in [6.45, 7) is 4.36. The van der Waals surface area contributed by atoms with E-state index < -0.39 is 0 Å². The van der Waals surface area contributed by atoms with Crippen LogP contribution >= 0.6 is 23.5 Å². The summed E-state index contributed by atoms with van der Waals surface area (Å²) in [5.41, 5.74) is 7.93. The van der Waals surface area contributed by atoms with Crippen molar-refractivity contribution in [1.82, 2.24) is 19.3 Å². The Hall–Kier alpha value is -4.66. The van der Waals surface area contributed by atoms with Crippen LogP contribution in [0.1, 0.15) is 11.1 Å². The fourth-order valence-corrected chi connectivity index (χ4v) is 7.74. The summed E-state index contributed by atoms with van der Waals surface area (Å²) in [6.07, 6.45) is 10.1. The summed E-state index contributed by atoms with van der Waals surface area (Å²) < 4.78 is 16.0. The van der Waals surface area contributed by atoms with E-state index in [0.29, 0.717) is 0 Å². The highest BCUT2D eigenvalue weighted by Gasteiger charge is 2.18. The van der Waals surface area contributed by atoms with Crippen molar-refractivity contribution in [2.45, 2.75) is 23.6 Å². The molecule has 0 unspecified atom stereocenters. The molecule has 45 heavy (non-hydrogen) atoms. The second-order valence-electron chi connectivity index (χ2n) is 10.8. The molecule has 0 atom stereocenters. The molecule has 0 amide bonds. The predicted molar refractivity (Wildman–Crippen MR) is 187 cm³/mol. The summed E-state index contributed by atoms with van der Waals surface area (Å²) in [5, 5.41) is 7.04. The van der Waals surface area contributed by atoms with Crippen LogP contribution in [0.25, 0.3) is 44.4 Å². The number of rotatable bonds is 8. The summed E-state index contributed by atoms with van der Waals surface area (Å²) >= 11 is 3.57. The van der Waals surface area contributed by atoms with Gasteiger partial charge in [-0.15, -0.1) is 23.5 Å². The molecule has 0 saturated carbocycles. The molecule has 0 aliphatic heterocycles. The Balaban J connectivity index is 1.25. The number of hydrogen-bond donors (Lipinski definition) is 0. The van der Waals surface area contributed by atoms with Gasteiger partial charge in [0.15, 0.2) is 0 Å². The van der Waals surface area contributed by atoms with Crippen molar-refractivity contribution >= 4 is 45.3 Å². The number of aromatic nitrogens is 4. The van der Waals surface area contributed by atoms with Crippen molar-refractivity contribution in [3.63, 3.8) is 0 Å². The van der Waals surface area contributed by atoms with Gasteiger partial charge in [0.1, 0.15) is 23.1 Å². The van der Waals surface area contributed by atoms with Crippen molar-refractivity contribution < 1.29 is 9.47 Å². The van der Waals surface area contributed by atoms with Crippen LogP contribution in [0.3, 0.4) is 0 Å². The zero-order valence-electron chi connectivity index (χ0n) is 25.7. The monoisotopic (exact) mass is 628 g/mol. The Labute approximate surface area is 271 Å². The highest BCUT2D eigenvalue weighted by molar-refractivity contribution is 7.99. The SMILES string of the molecule is COc1ccnc(-n2c3ccccc3c3ccc(Oc4cccc(-n5cc(-c6c(SC)c(C)cc(C)c6SC)cn5)c4)cc32)c1. The number of fused-ring (bicyclic) bond motifs is 3. The van der Waals surface area contributed by atoms with Gasteiger partial charge in [-0.3, -0.25) is 4.57 Å². The molecule has 224 valence electrons. The minimum Gasteiger partial charge on any atom is -0.497 e. The van der Waals surface area contributed by atoms with Gasteiger partial charge in [0, 0.05) is 62.3 Å². The van der Waals surface area contributed by atoms with Gasteiger partial charge in [-0.2, -0.15) is 5.10 Å². The lowest BCUT2D eigenvalue weighted by Gasteiger charge is -2.16. The summed E-state index contributed by atoms with van der Waals surface area (Å²) in [4.78, 5) is 7.25. The molecule has 0 saturated heterocycles. The molecule has 6 nitrogen and oxygen atoms in total. The van der Waals surface area contributed by atoms with Gasteiger partial charge in [0.05, 0.1) is 30.0 Å². The van der Waals surface area contributed by atoms with Gasteiger partial charge < -0.3 is 9.47 Å². The first-order chi connectivity index (χ1) is 22.0. The topological polar surface area (TPSA) is 54.1 Å². The largest absolute Gasteiger partial charge is 0.497 e. The molecule has 7 aromatic rings. The number of ether oxygens (including phenoxy) is 2. The highest BCUT2D eigenvalue weighted by atomic mass is 32.2. The van der Waals surface area contributed by atoms with Gasteiger partial charge in [0.25, 0.3) is 0 Å². The van der Waals surface area contributed by atoms with Crippen LogP contribution < -0.4 is 9.47 Å². The molecule has 7 rings (SSSR count). The van der Waals surface area contributed by atoms with E-state index in [-0.39, 0.29) is 0 Å². The average Bonchev–Trinajstić information content (AvgIpc) is 3.68. The minimum atomic E-state index is 0.729. The Bertz CT molecular complexity index is 2170. The fourth-order valence-electron chi connectivity index (χ4n) is 6.07. The van der Waals surface area contributed by atoms with Gasteiger partial charge in [0.2, 0.25) is 0 Å². The van der Waals surface area contributed by atoms with Crippen LogP contribution in [0.2, 0.25) is 0 Å². The number of hydrogen-bond acceptors (Lipinski definition) is 6. The lowest BCUT2D eigenvalue weighted by atomic mass is 10.0. The van der Waals surface area contributed by atoms with Crippen molar-refractivity contribution in [2.24, 2.45) is 0 Å². The third-order valence-electron chi connectivity index (χ3n) is 8.03. The molecule has 3 heterocycles. The van der Waals surface area contributed by atoms with E-state index in [1.165, 1.54) is 26.5 Å². The molecule has 0 bridgehead atoms. The second-order valence-corrected chi connectivity index (χ2v) is 12.4. The number of aryl methyl sites for hydroxylation is 2. The molecule has 0 aliphatic rings. The van der Waals surface area contributed by atoms with E-state index in [0.717, 1.165) is 56.1 Å². The van der Waals surface area contributed by atoms with Crippen LogP contribution in [0.15, 0.2) is 113 Å². The lowest BCUT2D eigenvalue weighted by Crippen LogP contribution is -1.98. The van der Waals surface area contributed by atoms with Crippen molar-refractivity contribution in [2.75, 3.05) is 19.6 Å². The predicted octanol–water partition coefficient (Wildman–Crippen LogP) is 9.89. The van der Waals surface area contributed by atoms with Gasteiger partial charge >= 0.3 is 0 Å². The standard InChI is InChI=1S/C37H32N4O2S2/c1-23-17-24(2)37(45-5)35(36(23)44-4)25-21-39-40(22-25)26-9-8-10-28(18-26)43-29-13-14-31-30-11-6-7-12-32(30)41(33(31)19-29)34-20-27(42-3)15-16-38-34/h6-22H,1-5H3. The number of nitrogens with zero attached hydrogens (tertiary/aromatic N) is 4.